The lowest BCUT2D eigenvalue weighted by Gasteiger charge is -2.33. The van der Waals surface area contributed by atoms with Crippen molar-refractivity contribution >= 4 is 23.1 Å². The summed E-state index contributed by atoms with van der Waals surface area (Å²) >= 11 is 0. The number of imidazole rings is 1. The van der Waals surface area contributed by atoms with Gasteiger partial charge in [-0.05, 0) is 26.0 Å². The Kier molecular flexibility index (Phi) is 4.68. The summed E-state index contributed by atoms with van der Waals surface area (Å²) < 4.78 is 30.9. The molecule has 28 heavy (non-hydrogen) atoms. The fraction of sp³-hybridized carbons (Fsp3) is 0.316. The average Bonchev–Trinajstić information content (AvgIpc) is 3.03. The highest BCUT2D eigenvalue weighted by atomic mass is 19.2. The number of benzene rings is 1. The van der Waals surface area contributed by atoms with Gasteiger partial charge in [0.05, 0.1) is 29.3 Å². The van der Waals surface area contributed by atoms with E-state index in [4.69, 9.17) is 0 Å². The van der Waals surface area contributed by atoms with Crippen LogP contribution >= 0.6 is 0 Å². The average molecular weight is 386 g/mol. The molecule has 7 nitrogen and oxygen atoms in total. The van der Waals surface area contributed by atoms with Crippen molar-refractivity contribution in [1.82, 2.24) is 19.7 Å². The van der Waals surface area contributed by atoms with Crippen molar-refractivity contribution < 1.29 is 13.6 Å². The molecule has 1 amide bonds. The van der Waals surface area contributed by atoms with Crippen LogP contribution < -0.4 is 15.5 Å². The molecule has 2 N–H and O–H groups in total. The van der Waals surface area contributed by atoms with E-state index in [0.717, 1.165) is 5.69 Å². The van der Waals surface area contributed by atoms with Crippen molar-refractivity contribution in [3.8, 4) is 0 Å². The number of hydrogen-bond acceptors (Lipinski definition) is 5. The third kappa shape index (κ3) is 3.40. The van der Waals surface area contributed by atoms with Gasteiger partial charge in [-0.1, -0.05) is 0 Å². The van der Waals surface area contributed by atoms with Crippen LogP contribution in [0.3, 0.4) is 0 Å². The van der Waals surface area contributed by atoms with Gasteiger partial charge in [0.2, 0.25) is 0 Å². The SMILES string of the molecule is Cc1cn2cc(NC(=O)c3ccc(N4CCNC(C)C4)c(F)c3F)ncc2n1. The highest BCUT2D eigenvalue weighted by Crippen LogP contribution is 2.25. The van der Waals surface area contributed by atoms with Gasteiger partial charge in [0.25, 0.3) is 5.91 Å². The highest BCUT2D eigenvalue weighted by molar-refractivity contribution is 6.04. The minimum absolute atomic E-state index is 0.163. The Bertz CT molecular complexity index is 1050. The molecule has 3 aromatic rings. The molecule has 9 heteroatoms. The first-order chi connectivity index (χ1) is 13.4. The smallest absolute Gasteiger partial charge is 0.259 e. The molecule has 1 aromatic carbocycles. The molecule has 1 aliphatic rings. The summed E-state index contributed by atoms with van der Waals surface area (Å²) in [6.07, 6.45) is 4.84. The number of aryl methyl sites for hydroxylation is 1. The second-order valence-electron chi connectivity index (χ2n) is 6.94. The highest BCUT2D eigenvalue weighted by Gasteiger charge is 2.24. The van der Waals surface area contributed by atoms with Gasteiger partial charge < -0.3 is 19.9 Å². The predicted molar refractivity (Wildman–Crippen MR) is 102 cm³/mol. The summed E-state index contributed by atoms with van der Waals surface area (Å²) in [4.78, 5) is 22.6. The van der Waals surface area contributed by atoms with E-state index < -0.39 is 17.5 Å². The predicted octanol–water partition coefficient (Wildman–Crippen LogP) is 2.37. The zero-order valence-electron chi connectivity index (χ0n) is 15.5. The van der Waals surface area contributed by atoms with Crippen LogP contribution in [0.2, 0.25) is 0 Å². The normalized spacial score (nSPS) is 17.1. The zero-order chi connectivity index (χ0) is 19.8. The largest absolute Gasteiger partial charge is 0.366 e. The Morgan fingerprint density at radius 2 is 2.11 bits per heavy atom. The Labute approximate surface area is 160 Å². The quantitative estimate of drug-likeness (QED) is 0.723. The summed E-state index contributed by atoms with van der Waals surface area (Å²) in [5.41, 5.74) is 1.22. The number of halogens is 2. The topological polar surface area (TPSA) is 74.6 Å². The molecule has 4 rings (SSSR count). The summed E-state index contributed by atoms with van der Waals surface area (Å²) in [6, 6.07) is 2.92. The molecule has 0 spiro atoms. The Hall–Kier alpha value is -3.07. The molecule has 0 radical (unpaired) electrons. The number of carbonyl (C=O) groups is 1. The fourth-order valence-corrected chi connectivity index (χ4v) is 3.38. The molecular formula is C19H20F2N6O. The number of amides is 1. The van der Waals surface area contributed by atoms with E-state index in [-0.39, 0.29) is 23.1 Å². The van der Waals surface area contributed by atoms with Crippen LogP contribution in [0.25, 0.3) is 5.65 Å². The first-order valence-corrected chi connectivity index (χ1v) is 9.01. The minimum atomic E-state index is -1.17. The molecule has 0 aliphatic carbocycles. The van der Waals surface area contributed by atoms with E-state index in [9.17, 15) is 13.6 Å². The van der Waals surface area contributed by atoms with Crippen LogP contribution in [0.15, 0.2) is 30.7 Å². The molecule has 1 unspecified atom stereocenters. The van der Waals surface area contributed by atoms with Gasteiger partial charge in [0, 0.05) is 31.9 Å². The zero-order valence-corrected chi connectivity index (χ0v) is 15.5. The van der Waals surface area contributed by atoms with Gasteiger partial charge in [-0.3, -0.25) is 4.79 Å². The summed E-state index contributed by atoms with van der Waals surface area (Å²) in [5.74, 6) is -2.73. The number of fused-ring (bicyclic) bond motifs is 1. The number of nitrogens with zero attached hydrogens (tertiary/aromatic N) is 4. The number of rotatable bonds is 3. The van der Waals surface area contributed by atoms with Gasteiger partial charge in [0.15, 0.2) is 17.3 Å². The van der Waals surface area contributed by atoms with E-state index in [0.29, 0.717) is 25.3 Å². The molecule has 0 bridgehead atoms. The Balaban J connectivity index is 1.57. The lowest BCUT2D eigenvalue weighted by atomic mass is 10.1. The summed E-state index contributed by atoms with van der Waals surface area (Å²) in [5, 5.41) is 5.76. The first-order valence-electron chi connectivity index (χ1n) is 9.01. The van der Waals surface area contributed by atoms with Crippen LogP contribution in [-0.2, 0) is 0 Å². The monoisotopic (exact) mass is 386 g/mol. The number of nitrogens with one attached hydrogen (secondary N) is 2. The maximum atomic E-state index is 14.6. The van der Waals surface area contributed by atoms with E-state index >= 15 is 0 Å². The number of carbonyl (C=O) groups excluding carboxylic acids is 1. The second kappa shape index (κ2) is 7.16. The van der Waals surface area contributed by atoms with E-state index in [1.807, 2.05) is 13.8 Å². The third-order valence-corrected chi connectivity index (χ3v) is 4.72. The van der Waals surface area contributed by atoms with Gasteiger partial charge in [-0.2, -0.15) is 0 Å². The lowest BCUT2D eigenvalue weighted by molar-refractivity contribution is 0.102. The first kappa shape index (κ1) is 18.3. The van der Waals surface area contributed by atoms with Gasteiger partial charge in [0.1, 0.15) is 5.82 Å². The van der Waals surface area contributed by atoms with Crippen LogP contribution in [0.4, 0.5) is 20.3 Å². The van der Waals surface area contributed by atoms with Crippen molar-refractivity contribution in [1.29, 1.82) is 0 Å². The number of hydrogen-bond donors (Lipinski definition) is 2. The molecular weight excluding hydrogens is 366 g/mol. The molecule has 146 valence electrons. The summed E-state index contributed by atoms with van der Waals surface area (Å²) in [6.45, 7) is 5.64. The van der Waals surface area contributed by atoms with Crippen LogP contribution in [0, 0.1) is 18.6 Å². The standard InChI is InChI=1S/C19H20F2N6O/c1-11-8-26(6-5-22-11)14-4-3-13(17(20)18(14)21)19(28)25-15-10-27-9-12(2)24-16(27)7-23-15/h3-4,7,9-11,22H,5-6,8H2,1-2H3,(H,25,28). The molecule has 1 saturated heterocycles. The van der Waals surface area contributed by atoms with Gasteiger partial charge in [-0.15, -0.1) is 0 Å². The van der Waals surface area contributed by atoms with Crippen molar-refractivity contribution in [2.24, 2.45) is 0 Å². The number of anilines is 2. The molecule has 1 fully saturated rings. The summed E-state index contributed by atoms with van der Waals surface area (Å²) in [7, 11) is 0. The molecule has 1 atom stereocenters. The van der Waals surface area contributed by atoms with E-state index in [1.165, 1.54) is 18.3 Å². The van der Waals surface area contributed by atoms with Crippen molar-refractivity contribution in [3.05, 3.63) is 53.6 Å². The maximum Gasteiger partial charge on any atom is 0.259 e. The molecule has 1 aliphatic heterocycles. The van der Waals surface area contributed by atoms with Crippen molar-refractivity contribution in [3.63, 3.8) is 0 Å². The van der Waals surface area contributed by atoms with Crippen LogP contribution in [-0.4, -0.2) is 46.0 Å². The van der Waals surface area contributed by atoms with E-state index in [2.05, 4.69) is 20.6 Å². The Morgan fingerprint density at radius 1 is 1.29 bits per heavy atom. The maximum absolute atomic E-state index is 14.6. The molecule has 2 aromatic heterocycles. The minimum Gasteiger partial charge on any atom is -0.366 e. The van der Waals surface area contributed by atoms with Crippen molar-refractivity contribution in [2.75, 3.05) is 29.9 Å². The fourth-order valence-electron chi connectivity index (χ4n) is 3.38. The lowest BCUT2D eigenvalue weighted by Crippen LogP contribution is -2.49. The van der Waals surface area contributed by atoms with Crippen LogP contribution in [0.1, 0.15) is 23.0 Å². The third-order valence-electron chi connectivity index (χ3n) is 4.72. The van der Waals surface area contributed by atoms with Crippen LogP contribution in [0.5, 0.6) is 0 Å². The molecule has 0 saturated carbocycles. The van der Waals surface area contributed by atoms with Gasteiger partial charge >= 0.3 is 0 Å². The molecule has 3 heterocycles. The number of piperazine rings is 1. The number of aromatic nitrogens is 3. The second-order valence-corrected chi connectivity index (χ2v) is 6.94. The van der Waals surface area contributed by atoms with E-state index in [1.54, 1.807) is 21.7 Å². The Morgan fingerprint density at radius 3 is 2.89 bits per heavy atom. The van der Waals surface area contributed by atoms with Gasteiger partial charge in [-0.25, -0.2) is 18.7 Å². The van der Waals surface area contributed by atoms with Crippen molar-refractivity contribution in [2.45, 2.75) is 19.9 Å².